The summed E-state index contributed by atoms with van der Waals surface area (Å²) in [6.45, 7) is 5.29. The number of anilines is 1. The molecule has 0 unspecified atom stereocenters. The summed E-state index contributed by atoms with van der Waals surface area (Å²) >= 11 is 1.78. The van der Waals surface area contributed by atoms with Crippen LogP contribution >= 0.6 is 11.3 Å². The normalized spacial score (nSPS) is 10.9. The van der Waals surface area contributed by atoms with E-state index in [1.807, 2.05) is 13.1 Å². The Labute approximate surface area is 106 Å². The van der Waals surface area contributed by atoms with Crippen molar-refractivity contribution in [1.82, 2.24) is 10.3 Å². The molecule has 0 fully saturated rings. The quantitative estimate of drug-likeness (QED) is 0.853. The molecule has 2 rings (SSSR count). The predicted octanol–water partition coefficient (Wildman–Crippen LogP) is 2.73. The lowest BCUT2D eigenvalue weighted by atomic mass is 10.3. The highest BCUT2D eigenvalue weighted by molar-refractivity contribution is 7.22. The zero-order chi connectivity index (χ0) is 12.1. The number of thiazole rings is 1. The van der Waals surface area contributed by atoms with Crippen LogP contribution in [0.4, 0.5) is 5.13 Å². The second-order valence-electron chi connectivity index (χ2n) is 4.05. The first kappa shape index (κ1) is 12.3. The van der Waals surface area contributed by atoms with Gasteiger partial charge in [-0.05, 0) is 25.6 Å². The molecule has 1 aromatic heterocycles. The molecule has 0 aliphatic rings. The Morgan fingerprint density at radius 1 is 1.29 bits per heavy atom. The fourth-order valence-electron chi connectivity index (χ4n) is 1.82. The zero-order valence-electron chi connectivity index (χ0n) is 10.4. The van der Waals surface area contributed by atoms with Crippen LogP contribution in [0.1, 0.15) is 13.3 Å². The van der Waals surface area contributed by atoms with E-state index in [1.54, 1.807) is 11.3 Å². The van der Waals surface area contributed by atoms with E-state index < -0.39 is 0 Å². The van der Waals surface area contributed by atoms with E-state index in [-0.39, 0.29) is 0 Å². The summed E-state index contributed by atoms with van der Waals surface area (Å²) in [4.78, 5) is 7.06. The van der Waals surface area contributed by atoms with Crippen molar-refractivity contribution in [3.8, 4) is 0 Å². The minimum Gasteiger partial charge on any atom is -0.347 e. The maximum absolute atomic E-state index is 4.70. The van der Waals surface area contributed by atoms with Crippen LogP contribution in [-0.4, -0.2) is 31.7 Å². The van der Waals surface area contributed by atoms with Crippen molar-refractivity contribution < 1.29 is 0 Å². The van der Waals surface area contributed by atoms with E-state index in [0.29, 0.717) is 0 Å². The van der Waals surface area contributed by atoms with E-state index in [9.17, 15) is 0 Å². The zero-order valence-corrected chi connectivity index (χ0v) is 11.3. The van der Waals surface area contributed by atoms with Crippen LogP contribution < -0.4 is 10.2 Å². The second kappa shape index (κ2) is 5.98. The molecule has 0 aliphatic carbocycles. The Morgan fingerprint density at radius 3 is 2.82 bits per heavy atom. The first-order chi connectivity index (χ1) is 8.35. The minimum atomic E-state index is 0.996. The lowest BCUT2D eigenvalue weighted by Crippen LogP contribution is -2.31. The fourth-order valence-corrected chi connectivity index (χ4v) is 2.83. The number of para-hydroxylation sites is 1. The van der Waals surface area contributed by atoms with Crippen LogP contribution in [0.25, 0.3) is 10.2 Å². The van der Waals surface area contributed by atoms with Crippen molar-refractivity contribution in [2.75, 3.05) is 31.6 Å². The molecule has 3 nitrogen and oxygen atoms in total. The number of fused-ring (bicyclic) bond motifs is 1. The summed E-state index contributed by atoms with van der Waals surface area (Å²) in [5.41, 5.74) is 1.11. The Kier molecular flexibility index (Phi) is 4.34. The molecule has 0 aliphatic heterocycles. The lowest BCUT2D eigenvalue weighted by Gasteiger charge is -2.20. The largest absolute Gasteiger partial charge is 0.347 e. The van der Waals surface area contributed by atoms with Gasteiger partial charge in [-0.15, -0.1) is 0 Å². The van der Waals surface area contributed by atoms with Crippen LogP contribution in [0.5, 0.6) is 0 Å². The van der Waals surface area contributed by atoms with E-state index in [1.165, 1.54) is 4.70 Å². The van der Waals surface area contributed by atoms with Gasteiger partial charge in [0.05, 0.1) is 10.2 Å². The highest BCUT2D eigenvalue weighted by Gasteiger charge is 2.10. The van der Waals surface area contributed by atoms with Gasteiger partial charge in [0.15, 0.2) is 5.13 Å². The predicted molar refractivity (Wildman–Crippen MR) is 76.1 cm³/mol. The van der Waals surface area contributed by atoms with Gasteiger partial charge in [0, 0.05) is 19.6 Å². The van der Waals surface area contributed by atoms with E-state index in [4.69, 9.17) is 4.98 Å². The molecule has 0 saturated heterocycles. The number of nitrogens with zero attached hydrogens (tertiary/aromatic N) is 2. The summed E-state index contributed by atoms with van der Waals surface area (Å²) < 4.78 is 1.27. The molecule has 0 spiro atoms. The highest BCUT2D eigenvalue weighted by Crippen LogP contribution is 2.28. The molecule has 2 aromatic rings. The third kappa shape index (κ3) is 2.96. The SMILES string of the molecule is CCCN(CCNC)c1nc2ccccc2s1. The standard InChI is InChI=1S/C13H19N3S/c1-3-9-16(10-8-14-2)13-15-11-6-4-5-7-12(11)17-13/h4-7,14H,3,8-10H2,1-2H3. The van der Waals surface area contributed by atoms with Gasteiger partial charge in [0.25, 0.3) is 0 Å². The van der Waals surface area contributed by atoms with Crippen molar-refractivity contribution in [2.45, 2.75) is 13.3 Å². The van der Waals surface area contributed by atoms with Gasteiger partial charge in [0.2, 0.25) is 0 Å². The Bertz CT molecular complexity index is 433. The molecule has 0 saturated carbocycles. The van der Waals surface area contributed by atoms with Crippen LogP contribution in [0.2, 0.25) is 0 Å². The Morgan fingerprint density at radius 2 is 2.12 bits per heavy atom. The fraction of sp³-hybridized carbons (Fsp3) is 0.462. The van der Waals surface area contributed by atoms with Gasteiger partial charge in [-0.2, -0.15) is 0 Å². The third-order valence-corrected chi connectivity index (χ3v) is 3.78. The van der Waals surface area contributed by atoms with E-state index in [0.717, 1.165) is 36.7 Å². The monoisotopic (exact) mass is 249 g/mol. The van der Waals surface area contributed by atoms with Crippen molar-refractivity contribution in [1.29, 1.82) is 0 Å². The number of likely N-dealkylation sites (N-methyl/N-ethyl adjacent to an activating group) is 1. The summed E-state index contributed by atoms with van der Waals surface area (Å²) in [6.07, 6.45) is 1.15. The topological polar surface area (TPSA) is 28.2 Å². The van der Waals surface area contributed by atoms with Gasteiger partial charge in [0.1, 0.15) is 0 Å². The molecular formula is C13H19N3S. The highest BCUT2D eigenvalue weighted by atomic mass is 32.1. The minimum absolute atomic E-state index is 0.996. The van der Waals surface area contributed by atoms with E-state index >= 15 is 0 Å². The lowest BCUT2D eigenvalue weighted by molar-refractivity contribution is 0.709. The first-order valence-electron chi connectivity index (χ1n) is 6.10. The van der Waals surface area contributed by atoms with Crippen LogP contribution in [0, 0.1) is 0 Å². The molecule has 4 heteroatoms. The van der Waals surface area contributed by atoms with Crippen molar-refractivity contribution in [3.63, 3.8) is 0 Å². The molecule has 17 heavy (non-hydrogen) atoms. The Hall–Kier alpha value is -1.13. The number of rotatable bonds is 6. The molecule has 0 atom stereocenters. The molecule has 1 N–H and O–H groups in total. The smallest absolute Gasteiger partial charge is 0.186 e. The average Bonchev–Trinajstić information content (AvgIpc) is 2.78. The molecule has 0 radical (unpaired) electrons. The number of hydrogen-bond donors (Lipinski definition) is 1. The maximum atomic E-state index is 4.70. The summed E-state index contributed by atoms with van der Waals surface area (Å²) in [5, 5.41) is 4.34. The molecular weight excluding hydrogens is 230 g/mol. The second-order valence-corrected chi connectivity index (χ2v) is 5.06. The number of aromatic nitrogens is 1. The van der Waals surface area contributed by atoms with Gasteiger partial charge in [-0.3, -0.25) is 0 Å². The number of hydrogen-bond acceptors (Lipinski definition) is 4. The summed E-state index contributed by atoms with van der Waals surface area (Å²) in [7, 11) is 1.99. The van der Waals surface area contributed by atoms with Crippen molar-refractivity contribution >= 4 is 26.7 Å². The molecule has 1 aromatic carbocycles. The van der Waals surface area contributed by atoms with Gasteiger partial charge in [-0.1, -0.05) is 30.4 Å². The molecule has 0 bridgehead atoms. The Balaban J connectivity index is 2.21. The molecule has 0 amide bonds. The number of benzene rings is 1. The van der Waals surface area contributed by atoms with Gasteiger partial charge in [-0.25, -0.2) is 4.98 Å². The van der Waals surface area contributed by atoms with Gasteiger partial charge < -0.3 is 10.2 Å². The van der Waals surface area contributed by atoms with Crippen LogP contribution in [0.3, 0.4) is 0 Å². The third-order valence-electron chi connectivity index (χ3n) is 2.68. The van der Waals surface area contributed by atoms with E-state index in [2.05, 4.69) is 35.3 Å². The van der Waals surface area contributed by atoms with Gasteiger partial charge >= 0.3 is 0 Å². The van der Waals surface area contributed by atoms with Crippen molar-refractivity contribution in [3.05, 3.63) is 24.3 Å². The molecule has 1 heterocycles. The van der Waals surface area contributed by atoms with Crippen molar-refractivity contribution in [2.24, 2.45) is 0 Å². The van der Waals surface area contributed by atoms with Crippen LogP contribution in [-0.2, 0) is 0 Å². The average molecular weight is 249 g/mol. The summed E-state index contributed by atoms with van der Waals surface area (Å²) in [6, 6.07) is 8.34. The maximum Gasteiger partial charge on any atom is 0.186 e. The first-order valence-corrected chi connectivity index (χ1v) is 6.92. The van der Waals surface area contributed by atoms with Crippen LogP contribution in [0.15, 0.2) is 24.3 Å². The summed E-state index contributed by atoms with van der Waals surface area (Å²) in [5.74, 6) is 0. The number of nitrogens with one attached hydrogen (secondary N) is 1. The molecule has 92 valence electrons.